The minimum absolute atomic E-state index is 0.646. The molecule has 0 aliphatic heterocycles. The van der Waals surface area contributed by atoms with Crippen LogP contribution in [-0.2, 0) is 6.54 Å². The SMILES string of the molecule is Cc1cccc2sc(NCc3cccnn3)nc12. The Labute approximate surface area is 109 Å². The molecule has 5 heteroatoms. The number of para-hydroxylation sites is 1. The van der Waals surface area contributed by atoms with Gasteiger partial charge in [-0.05, 0) is 30.7 Å². The van der Waals surface area contributed by atoms with Crippen molar-refractivity contribution in [3.05, 3.63) is 47.8 Å². The van der Waals surface area contributed by atoms with Gasteiger partial charge in [0.15, 0.2) is 5.13 Å². The summed E-state index contributed by atoms with van der Waals surface area (Å²) < 4.78 is 1.21. The van der Waals surface area contributed by atoms with E-state index in [0.717, 1.165) is 16.3 Å². The van der Waals surface area contributed by atoms with E-state index in [1.807, 2.05) is 12.1 Å². The molecular formula is C13H12N4S. The fourth-order valence-corrected chi connectivity index (χ4v) is 2.70. The average Bonchev–Trinajstić information content (AvgIpc) is 2.82. The standard InChI is InChI=1S/C13H12N4S/c1-9-4-2-6-11-12(9)16-13(18-11)14-8-10-5-3-7-15-17-10/h2-7H,8H2,1H3,(H,14,16). The van der Waals surface area contributed by atoms with E-state index in [9.17, 15) is 0 Å². The zero-order valence-electron chi connectivity index (χ0n) is 9.92. The van der Waals surface area contributed by atoms with Gasteiger partial charge in [0, 0.05) is 6.20 Å². The number of fused-ring (bicyclic) bond motifs is 1. The lowest BCUT2D eigenvalue weighted by atomic mass is 10.2. The van der Waals surface area contributed by atoms with E-state index < -0.39 is 0 Å². The highest BCUT2D eigenvalue weighted by atomic mass is 32.1. The summed E-state index contributed by atoms with van der Waals surface area (Å²) in [7, 11) is 0. The van der Waals surface area contributed by atoms with Crippen LogP contribution in [0.5, 0.6) is 0 Å². The van der Waals surface area contributed by atoms with Crippen LogP contribution in [-0.4, -0.2) is 15.2 Å². The Morgan fingerprint density at radius 1 is 1.22 bits per heavy atom. The summed E-state index contributed by atoms with van der Waals surface area (Å²) in [5.74, 6) is 0. The fraction of sp³-hybridized carbons (Fsp3) is 0.154. The largest absolute Gasteiger partial charge is 0.356 e. The molecule has 4 nitrogen and oxygen atoms in total. The smallest absolute Gasteiger partial charge is 0.184 e. The van der Waals surface area contributed by atoms with Crippen molar-refractivity contribution in [2.45, 2.75) is 13.5 Å². The third-order valence-electron chi connectivity index (χ3n) is 2.67. The molecule has 0 aliphatic carbocycles. The Kier molecular flexibility index (Phi) is 2.90. The molecule has 1 aromatic carbocycles. The highest BCUT2D eigenvalue weighted by molar-refractivity contribution is 7.22. The average molecular weight is 256 g/mol. The van der Waals surface area contributed by atoms with Crippen LogP contribution in [0.3, 0.4) is 0 Å². The maximum atomic E-state index is 4.59. The summed E-state index contributed by atoms with van der Waals surface area (Å²) in [4.78, 5) is 4.59. The minimum Gasteiger partial charge on any atom is -0.356 e. The predicted molar refractivity (Wildman–Crippen MR) is 73.7 cm³/mol. The van der Waals surface area contributed by atoms with Crippen molar-refractivity contribution in [2.75, 3.05) is 5.32 Å². The molecule has 0 bridgehead atoms. The molecule has 0 radical (unpaired) electrons. The molecule has 0 unspecified atom stereocenters. The van der Waals surface area contributed by atoms with Gasteiger partial charge in [-0.2, -0.15) is 10.2 Å². The van der Waals surface area contributed by atoms with E-state index in [4.69, 9.17) is 0 Å². The maximum absolute atomic E-state index is 4.59. The van der Waals surface area contributed by atoms with Gasteiger partial charge in [-0.15, -0.1) is 0 Å². The van der Waals surface area contributed by atoms with Crippen molar-refractivity contribution in [3.8, 4) is 0 Å². The number of nitrogens with zero attached hydrogens (tertiary/aromatic N) is 3. The van der Waals surface area contributed by atoms with Gasteiger partial charge in [0.05, 0.1) is 22.5 Å². The number of rotatable bonds is 3. The second-order valence-corrected chi connectivity index (χ2v) is 5.04. The lowest BCUT2D eigenvalue weighted by Gasteiger charge is -1.99. The van der Waals surface area contributed by atoms with Gasteiger partial charge in [-0.3, -0.25) is 0 Å². The van der Waals surface area contributed by atoms with Crippen LogP contribution in [0.2, 0.25) is 0 Å². The van der Waals surface area contributed by atoms with Crippen molar-refractivity contribution in [1.82, 2.24) is 15.2 Å². The molecule has 90 valence electrons. The third kappa shape index (κ3) is 2.17. The predicted octanol–water partition coefficient (Wildman–Crippen LogP) is 3.01. The molecule has 0 aliphatic rings. The van der Waals surface area contributed by atoms with Gasteiger partial charge in [-0.1, -0.05) is 23.5 Å². The summed E-state index contributed by atoms with van der Waals surface area (Å²) in [6, 6.07) is 10.1. The number of aryl methyl sites for hydroxylation is 1. The first-order chi connectivity index (χ1) is 8.83. The van der Waals surface area contributed by atoms with Crippen molar-refractivity contribution < 1.29 is 0 Å². The number of aromatic nitrogens is 3. The van der Waals surface area contributed by atoms with Crippen LogP contribution in [0, 0.1) is 6.92 Å². The number of hydrogen-bond acceptors (Lipinski definition) is 5. The molecule has 3 aromatic rings. The Balaban J connectivity index is 1.81. The molecule has 2 heterocycles. The molecule has 18 heavy (non-hydrogen) atoms. The third-order valence-corrected chi connectivity index (χ3v) is 3.65. The zero-order valence-corrected chi connectivity index (χ0v) is 10.7. The van der Waals surface area contributed by atoms with Crippen molar-refractivity contribution >= 4 is 26.7 Å². The van der Waals surface area contributed by atoms with Gasteiger partial charge < -0.3 is 5.32 Å². The molecule has 1 N–H and O–H groups in total. The molecule has 0 amide bonds. The molecular weight excluding hydrogens is 244 g/mol. The quantitative estimate of drug-likeness (QED) is 0.782. The van der Waals surface area contributed by atoms with Gasteiger partial charge in [0.25, 0.3) is 0 Å². The first-order valence-electron chi connectivity index (χ1n) is 5.69. The Hall–Kier alpha value is -2.01. The molecule has 0 fully saturated rings. The second-order valence-electron chi connectivity index (χ2n) is 4.01. The number of anilines is 1. The van der Waals surface area contributed by atoms with Gasteiger partial charge in [0.2, 0.25) is 0 Å². The summed E-state index contributed by atoms with van der Waals surface area (Å²) in [6.45, 7) is 2.72. The van der Waals surface area contributed by atoms with Crippen LogP contribution >= 0.6 is 11.3 Å². The van der Waals surface area contributed by atoms with Gasteiger partial charge in [0.1, 0.15) is 0 Å². The first kappa shape index (κ1) is 11.1. The normalized spacial score (nSPS) is 10.7. The summed E-state index contributed by atoms with van der Waals surface area (Å²) in [5, 5.41) is 12.1. The van der Waals surface area contributed by atoms with Gasteiger partial charge in [-0.25, -0.2) is 4.98 Å². The van der Waals surface area contributed by atoms with E-state index in [-0.39, 0.29) is 0 Å². The number of benzene rings is 1. The molecule has 2 aromatic heterocycles. The molecule has 0 spiro atoms. The topological polar surface area (TPSA) is 50.7 Å². The molecule has 0 saturated heterocycles. The van der Waals surface area contributed by atoms with E-state index in [1.54, 1.807) is 17.5 Å². The monoisotopic (exact) mass is 256 g/mol. The lowest BCUT2D eigenvalue weighted by molar-refractivity contribution is 0.924. The highest BCUT2D eigenvalue weighted by Crippen LogP contribution is 2.27. The first-order valence-corrected chi connectivity index (χ1v) is 6.51. The van der Waals surface area contributed by atoms with Crippen LogP contribution in [0.15, 0.2) is 36.5 Å². The number of thiazole rings is 1. The molecule has 3 rings (SSSR count). The van der Waals surface area contributed by atoms with Crippen LogP contribution in [0.1, 0.15) is 11.3 Å². The summed E-state index contributed by atoms with van der Waals surface area (Å²) >= 11 is 1.66. The molecule has 0 atom stereocenters. The second kappa shape index (κ2) is 4.70. The summed E-state index contributed by atoms with van der Waals surface area (Å²) in [6.07, 6.45) is 1.67. The van der Waals surface area contributed by atoms with Crippen molar-refractivity contribution in [2.24, 2.45) is 0 Å². The van der Waals surface area contributed by atoms with Crippen LogP contribution in [0.25, 0.3) is 10.2 Å². The van der Waals surface area contributed by atoms with E-state index >= 15 is 0 Å². The Morgan fingerprint density at radius 3 is 2.94 bits per heavy atom. The zero-order chi connectivity index (χ0) is 12.4. The molecule has 0 saturated carbocycles. The Bertz CT molecular complexity index is 663. The van der Waals surface area contributed by atoms with E-state index in [2.05, 4.69) is 45.6 Å². The van der Waals surface area contributed by atoms with Crippen LogP contribution in [0.4, 0.5) is 5.13 Å². The van der Waals surface area contributed by atoms with Crippen molar-refractivity contribution in [1.29, 1.82) is 0 Å². The van der Waals surface area contributed by atoms with Gasteiger partial charge >= 0.3 is 0 Å². The summed E-state index contributed by atoms with van der Waals surface area (Å²) in [5.41, 5.74) is 3.19. The van der Waals surface area contributed by atoms with Crippen LogP contribution < -0.4 is 5.32 Å². The van der Waals surface area contributed by atoms with E-state index in [1.165, 1.54) is 10.3 Å². The number of nitrogens with one attached hydrogen (secondary N) is 1. The Morgan fingerprint density at radius 2 is 2.17 bits per heavy atom. The lowest BCUT2D eigenvalue weighted by Crippen LogP contribution is -2.01. The van der Waals surface area contributed by atoms with E-state index in [0.29, 0.717) is 6.54 Å². The minimum atomic E-state index is 0.646. The fourth-order valence-electron chi connectivity index (χ4n) is 1.76. The van der Waals surface area contributed by atoms with Crippen molar-refractivity contribution in [3.63, 3.8) is 0 Å². The maximum Gasteiger partial charge on any atom is 0.184 e. The highest BCUT2D eigenvalue weighted by Gasteiger charge is 2.05. The number of hydrogen-bond donors (Lipinski definition) is 1.